The zero-order valence-electron chi connectivity index (χ0n) is 12.9. The van der Waals surface area contributed by atoms with Gasteiger partial charge in [0.25, 0.3) is 0 Å². The van der Waals surface area contributed by atoms with Gasteiger partial charge in [0.15, 0.2) is 5.96 Å². The van der Waals surface area contributed by atoms with Crippen molar-refractivity contribution >= 4 is 17.3 Å². The van der Waals surface area contributed by atoms with E-state index in [4.69, 9.17) is 0 Å². The topological polar surface area (TPSA) is 30.9 Å². The van der Waals surface area contributed by atoms with E-state index in [1.807, 2.05) is 7.05 Å². The molecule has 1 N–H and O–H groups in total. The van der Waals surface area contributed by atoms with Crippen LogP contribution in [0.5, 0.6) is 0 Å². The highest BCUT2D eigenvalue weighted by atomic mass is 32.1. The van der Waals surface area contributed by atoms with Crippen LogP contribution in [0.1, 0.15) is 30.6 Å². The average molecular weight is 306 g/mol. The van der Waals surface area contributed by atoms with Crippen LogP contribution in [0.15, 0.2) is 22.5 Å². The number of nitrogens with one attached hydrogen (secondary N) is 1. The molecule has 3 rings (SSSR count). The van der Waals surface area contributed by atoms with E-state index < -0.39 is 0 Å². The van der Waals surface area contributed by atoms with Crippen molar-refractivity contribution in [3.05, 3.63) is 22.4 Å². The first-order valence-corrected chi connectivity index (χ1v) is 8.97. The second kappa shape index (κ2) is 7.27. The molecule has 0 amide bonds. The van der Waals surface area contributed by atoms with Crippen molar-refractivity contribution in [3.63, 3.8) is 0 Å². The Kier molecular flexibility index (Phi) is 5.14. The smallest absolute Gasteiger partial charge is 0.193 e. The lowest BCUT2D eigenvalue weighted by Crippen LogP contribution is -2.44. The highest BCUT2D eigenvalue weighted by molar-refractivity contribution is 7.09. The predicted octanol–water partition coefficient (Wildman–Crippen LogP) is 2.38. The third-order valence-electron chi connectivity index (χ3n) is 4.58. The molecule has 0 spiro atoms. The van der Waals surface area contributed by atoms with Crippen molar-refractivity contribution in [1.82, 2.24) is 15.1 Å². The molecule has 1 atom stereocenters. The summed E-state index contributed by atoms with van der Waals surface area (Å²) in [6.07, 6.45) is 5.44. The molecule has 0 radical (unpaired) electrons. The van der Waals surface area contributed by atoms with Gasteiger partial charge in [-0.2, -0.15) is 0 Å². The van der Waals surface area contributed by atoms with Gasteiger partial charge in [0.05, 0.1) is 6.54 Å². The number of hydrogen-bond acceptors (Lipinski definition) is 3. The summed E-state index contributed by atoms with van der Waals surface area (Å²) in [4.78, 5) is 10.9. The summed E-state index contributed by atoms with van der Waals surface area (Å²) >= 11 is 1.80. The second-order valence-electron chi connectivity index (χ2n) is 5.97. The molecule has 1 aromatic heterocycles. The Balaban J connectivity index is 1.51. The number of likely N-dealkylation sites (tertiary alicyclic amines) is 2. The lowest BCUT2D eigenvalue weighted by atomic mass is 10.1. The van der Waals surface area contributed by atoms with Gasteiger partial charge in [-0.1, -0.05) is 12.5 Å². The number of nitrogens with zero attached hydrogens (tertiary/aromatic N) is 3. The van der Waals surface area contributed by atoms with Crippen LogP contribution in [-0.4, -0.2) is 55.0 Å². The Bertz CT molecular complexity index is 451. The van der Waals surface area contributed by atoms with Crippen LogP contribution >= 0.6 is 11.3 Å². The number of guanidine groups is 1. The van der Waals surface area contributed by atoms with E-state index >= 15 is 0 Å². The van der Waals surface area contributed by atoms with Gasteiger partial charge in [-0.3, -0.25) is 9.89 Å². The van der Waals surface area contributed by atoms with Gasteiger partial charge in [-0.25, -0.2) is 0 Å². The van der Waals surface area contributed by atoms with Gasteiger partial charge >= 0.3 is 0 Å². The van der Waals surface area contributed by atoms with Gasteiger partial charge in [0.2, 0.25) is 0 Å². The van der Waals surface area contributed by atoms with Crippen molar-refractivity contribution in [2.45, 2.75) is 38.3 Å². The molecule has 3 heterocycles. The van der Waals surface area contributed by atoms with E-state index in [2.05, 4.69) is 37.6 Å². The second-order valence-corrected chi connectivity index (χ2v) is 7.00. The normalized spacial score (nSPS) is 24.5. The lowest BCUT2D eigenvalue weighted by molar-refractivity contribution is 0.168. The average Bonchev–Trinajstić information content (AvgIpc) is 3.20. The van der Waals surface area contributed by atoms with Gasteiger partial charge in [-0.05, 0) is 43.8 Å². The van der Waals surface area contributed by atoms with E-state index in [1.165, 1.54) is 43.6 Å². The quantitative estimate of drug-likeness (QED) is 0.687. The lowest BCUT2D eigenvalue weighted by Gasteiger charge is -2.32. The molecule has 21 heavy (non-hydrogen) atoms. The van der Waals surface area contributed by atoms with Gasteiger partial charge in [0, 0.05) is 31.1 Å². The summed E-state index contributed by atoms with van der Waals surface area (Å²) in [5, 5.41) is 5.63. The van der Waals surface area contributed by atoms with Gasteiger partial charge in [0.1, 0.15) is 0 Å². The molecule has 0 saturated carbocycles. The summed E-state index contributed by atoms with van der Waals surface area (Å²) in [6, 6.07) is 5.00. The standard InChI is InChI=1S/C16H26N4S/c1-17-16(18-12-15-6-5-11-21-15)20-10-7-14(13-20)19-8-3-2-4-9-19/h5-6,11,14H,2-4,7-10,12-13H2,1H3,(H,17,18). The van der Waals surface area contributed by atoms with Gasteiger partial charge in [-0.15, -0.1) is 11.3 Å². The largest absolute Gasteiger partial charge is 0.351 e. The number of aliphatic imine (C=N–C) groups is 1. The maximum atomic E-state index is 4.47. The molecule has 0 bridgehead atoms. The number of hydrogen-bond donors (Lipinski definition) is 1. The zero-order chi connectivity index (χ0) is 14.5. The van der Waals surface area contributed by atoms with E-state index in [-0.39, 0.29) is 0 Å². The molecule has 2 aliphatic rings. The molecule has 2 aliphatic heterocycles. The third-order valence-corrected chi connectivity index (χ3v) is 5.46. The number of rotatable bonds is 3. The fourth-order valence-corrected chi connectivity index (χ4v) is 4.07. The maximum absolute atomic E-state index is 4.47. The van der Waals surface area contributed by atoms with E-state index in [1.54, 1.807) is 11.3 Å². The Morgan fingerprint density at radius 2 is 2.19 bits per heavy atom. The first-order chi connectivity index (χ1) is 10.4. The molecule has 116 valence electrons. The Morgan fingerprint density at radius 1 is 1.33 bits per heavy atom. The van der Waals surface area contributed by atoms with Crippen LogP contribution in [0, 0.1) is 0 Å². The van der Waals surface area contributed by atoms with Crippen LogP contribution in [-0.2, 0) is 6.54 Å². The highest BCUT2D eigenvalue weighted by Gasteiger charge is 2.29. The maximum Gasteiger partial charge on any atom is 0.193 e. The highest BCUT2D eigenvalue weighted by Crippen LogP contribution is 2.20. The van der Waals surface area contributed by atoms with Crippen LogP contribution in [0.25, 0.3) is 0 Å². The monoisotopic (exact) mass is 306 g/mol. The third kappa shape index (κ3) is 3.77. The SMILES string of the molecule is CN=C(NCc1cccs1)N1CCC(N2CCCCC2)C1. The number of thiophene rings is 1. The first-order valence-electron chi connectivity index (χ1n) is 8.09. The Morgan fingerprint density at radius 3 is 2.90 bits per heavy atom. The van der Waals surface area contributed by atoms with Crippen LogP contribution in [0.4, 0.5) is 0 Å². The van der Waals surface area contributed by atoms with Crippen molar-refractivity contribution in [1.29, 1.82) is 0 Å². The van der Waals surface area contributed by atoms with Gasteiger partial charge < -0.3 is 10.2 Å². The minimum atomic E-state index is 0.727. The summed E-state index contributed by atoms with van der Waals surface area (Å²) in [7, 11) is 1.89. The molecule has 0 aliphatic carbocycles. The first kappa shape index (κ1) is 14.9. The van der Waals surface area contributed by atoms with Crippen LogP contribution in [0.2, 0.25) is 0 Å². The fraction of sp³-hybridized carbons (Fsp3) is 0.688. The van der Waals surface area contributed by atoms with Crippen LogP contribution < -0.4 is 5.32 Å². The molecule has 4 nitrogen and oxygen atoms in total. The Hall–Kier alpha value is -1.07. The van der Waals surface area contributed by atoms with Crippen LogP contribution in [0.3, 0.4) is 0 Å². The molecule has 1 unspecified atom stereocenters. The molecular weight excluding hydrogens is 280 g/mol. The van der Waals surface area contributed by atoms with Crippen molar-refractivity contribution in [2.75, 3.05) is 33.2 Å². The molecular formula is C16H26N4S. The molecule has 2 saturated heterocycles. The fourth-order valence-electron chi connectivity index (χ4n) is 3.43. The molecule has 5 heteroatoms. The molecule has 2 fully saturated rings. The summed E-state index contributed by atoms with van der Waals surface area (Å²) < 4.78 is 0. The van der Waals surface area contributed by atoms with E-state index in [0.717, 1.165) is 31.6 Å². The van der Waals surface area contributed by atoms with Crippen molar-refractivity contribution in [3.8, 4) is 0 Å². The van der Waals surface area contributed by atoms with E-state index in [9.17, 15) is 0 Å². The Labute approximate surface area is 131 Å². The minimum absolute atomic E-state index is 0.727. The van der Waals surface area contributed by atoms with Crippen molar-refractivity contribution < 1.29 is 0 Å². The summed E-state index contributed by atoms with van der Waals surface area (Å²) in [5.74, 6) is 1.06. The summed E-state index contributed by atoms with van der Waals surface area (Å²) in [5.41, 5.74) is 0. The summed E-state index contributed by atoms with van der Waals surface area (Å²) in [6.45, 7) is 5.73. The minimum Gasteiger partial charge on any atom is -0.351 e. The molecule has 1 aromatic rings. The predicted molar refractivity (Wildman–Crippen MR) is 89.9 cm³/mol. The zero-order valence-corrected chi connectivity index (χ0v) is 13.7. The van der Waals surface area contributed by atoms with E-state index in [0.29, 0.717) is 0 Å². The number of piperidine rings is 1. The molecule has 0 aromatic carbocycles. The van der Waals surface area contributed by atoms with Crippen molar-refractivity contribution in [2.24, 2.45) is 4.99 Å².